The van der Waals surface area contributed by atoms with Gasteiger partial charge in [-0.15, -0.1) is 0 Å². The number of hydrogen-bond donors (Lipinski definition) is 0. The molecule has 0 bridgehead atoms. The Balaban J connectivity index is 1.57. The topological polar surface area (TPSA) is 34.0 Å². The second-order valence-electron chi connectivity index (χ2n) is 5.31. The first-order valence-electron chi connectivity index (χ1n) is 6.96. The average Bonchev–Trinajstić information content (AvgIpc) is 2.92. The van der Waals surface area contributed by atoms with Gasteiger partial charge >= 0.3 is 0 Å². The van der Waals surface area contributed by atoms with Gasteiger partial charge in [0.2, 0.25) is 0 Å². The van der Waals surface area contributed by atoms with Gasteiger partial charge in [0.1, 0.15) is 0 Å². The van der Waals surface area contributed by atoms with Crippen LogP contribution in [0.15, 0.2) is 36.8 Å². The van der Waals surface area contributed by atoms with Gasteiger partial charge in [-0.25, -0.2) is 0 Å². The molecule has 1 fully saturated rings. The van der Waals surface area contributed by atoms with Gasteiger partial charge in [-0.1, -0.05) is 0 Å². The van der Waals surface area contributed by atoms with E-state index >= 15 is 0 Å². The van der Waals surface area contributed by atoms with Crippen molar-refractivity contribution in [2.24, 2.45) is 5.92 Å². The molecule has 1 saturated heterocycles. The van der Waals surface area contributed by atoms with Gasteiger partial charge in [0.15, 0.2) is 0 Å². The fraction of sp³-hybridized carbons (Fsp3) is 0.467. The SMILES string of the molecule is Cc1cc(N2CCC(Cn3cccn3)CC2)ccn1. The maximum atomic E-state index is 4.29. The molecule has 1 aliphatic heterocycles. The van der Waals surface area contributed by atoms with E-state index < -0.39 is 0 Å². The number of pyridine rings is 1. The summed E-state index contributed by atoms with van der Waals surface area (Å²) in [6.45, 7) is 5.37. The van der Waals surface area contributed by atoms with Crippen molar-refractivity contribution in [3.63, 3.8) is 0 Å². The van der Waals surface area contributed by atoms with E-state index in [2.05, 4.69) is 38.0 Å². The van der Waals surface area contributed by atoms with Crippen molar-refractivity contribution in [2.45, 2.75) is 26.3 Å². The predicted octanol–water partition coefficient (Wildman–Crippen LogP) is 2.50. The number of hydrogen-bond acceptors (Lipinski definition) is 3. The lowest BCUT2D eigenvalue weighted by Crippen LogP contribution is -2.35. The fourth-order valence-electron chi connectivity index (χ4n) is 2.77. The zero-order chi connectivity index (χ0) is 13.1. The summed E-state index contributed by atoms with van der Waals surface area (Å²) in [4.78, 5) is 6.73. The lowest BCUT2D eigenvalue weighted by Gasteiger charge is -2.33. The van der Waals surface area contributed by atoms with Gasteiger partial charge in [0.05, 0.1) is 0 Å². The third kappa shape index (κ3) is 2.95. The molecular weight excluding hydrogens is 236 g/mol. The molecule has 3 rings (SSSR count). The van der Waals surface area contributed by atoms with Crippen LogP contribution in [0.3, 0.4) is 0 Å². The molecule has 0 N–H and O–H groups in total. The van der Waals surface area contributed by atoms with Gasteiger partial charge in [-0.3, -0.25) is 9.67 Å². The highest BCUT2D eigenvalue weighted by atomic mass is 15.3. The van der Waals surface area contributed by atoms with Crippen molar-refractivity contribution in [1.29, 1.82) is 0 Å². The van der Waals surface area contributed by atoms with Crippen molar-refractivity contribution in [3.8, 4) is 0 Å². The summed E-state index contributed by atoms with van der Waals surface area (Å²) in [7, 11) is 0. The minimum atomic E-state index is 0.749. The molecule has 4 heteroatoms. The highest BCUT2D eigenvalue weighted by molar-refractivity contribution is 5.46. The summed E-state index contributed by atoms with van der Waals surface area (Å²) in [6, 6.07) is 6.28. The van der Waals surface area contributed by atoms with Crippen LogP contribution >= 0.6 is 0 Å². The fourth-order valence-corrected chi connectivity index (χ4v) is 2.77. The second kappa shape index (κ2) is 5.43. The van der Waals surface area contributed by atoms with E-state index in [0.29, 0.717) is 0 Å². The Morgan fingerprint density at radius 1 is 1.26 bits per heavy atom. The van der Waals surface area contributed by atoms with Crippen LogP contribution < -0.4 is 4.90 Å². The Labute approximate surface area is 114 Å². The van der Waals surface area contributed by atoms with E-state index in [1.807, 2.05) is 25.4 Å². The standard InChI is InChI=1S/C15H20N4/c1-13-11-15(3-7-16-13)18-9-4-14(5-10-18)12-19-8-2-6-17-19/h2-3,6-8,11,14H,4-5,9-10,12H2,1H3. The highest BCUT2D eigenvalue weighted by Gasteiger charge is 2.19. The molecule has 0 radical (unpaired) electrons. The number of piperidine rings is 1. The smallest absolute Gasteiger partial charge is 0.0489 e. The lowest BCUT2D eigenvalue weighted by atomic mass is 9.96. The third-order valence-corrected chi connectivity index (χ3v) is 3.86. The molecule has 0 amide bonds. The lowest BCUT2D eigenvalue weighted by molar-refractivity contribution is 0.342. The first kappa shape index (κ1) is 12.2. The van der Waals surface area contributed by atoms with Crippen molar-refractivity contribution >= 4 is 5.69 Å². The molecule has 0 aromatic carbocycles. The molecule has 0 unspecified atom stereocenters. The van der Waals surface area contributed by atoms with E-state index in [1.54, 1.807) is 0 Å². The summed E-state index contributed by atoms with van der Waals surface area (Å²) in [6.07, 6.45) is 8.29. The van der Waals surface area contributed by atoms with Gasteiger partial charge in [-0.2, -0.15) is 5.10 Å². The Bertz CT molecular complexity index is 513. The monoisotopic (exact) mass is 256 g/mol. The van der Waals surface area contributed by atoms with Crippen LogP contribution in [0, 0.1) is 12.8 Å². The Hall–Kier alpha value is -1.84. The van der Waals surface area contributed by atoms with Crippen LogP contribution in [-0.4, -0.2) is 27.9 Å². The molecular formula is C15H20N4. The van der Waals surface area contributed by atoms with E-state index in [9.17, 15) is 0 Å². The number of aryl methyl sites for hydroxylation is 1. The molecule has 4 nitrogen and oxygen atoms in total. The van der Waals surface area contributed by atoms with Crippen LogP contribution in [0.25, 0.3) is 0 Å². The second-order valence-corrected chi connectivity index (χ2v) is 5.31. The summed E-state index contributed by atoms with van der Waals surface area (Å²) in [5, 5.41) is 4.29. The minimum Gasteiger partial charge on any atom is -0.371 e. The molecule has 2 aromatic heterocycles. The first-order valence-corrected chi connectivity index (χ1v) is 6.96. The average molecular weight is 256 g/mol. The van der Waals surface area contributed by atoms with E-state index in [1.165, 1.54) is 18.5 Å². The summed E-state index contributed by atoms with van der Waals surface area (Å²) < 4.78 is 2.05. The number of rotatable bonds is 3. The van der Waals surface area contributed by atoms with Crippen molar-refractivity contribution in [1.82, 2.24) is 14.8 Å². The third-order valence-electron chi connectivity index (χ3n) is 3.86. The summed E-state index contributed by atoms with van der Waals surface area (Å²) in [5.74, 6) is 0.749. The van der Waals surface area contributed by atoms with Crippen LogP contribution in [-0.2, 0) is 6.54 Å². The molecule has 1 aliphatic rings. The molecule has 100 valence electrons. The normalized spacial score (nSPS) is 16.8. The molecule has 0 aliphatic carbocycles. The zero-order valence-corrected chi connectivity index (χ0v) is 11.4. The van der Waals surface area contributed by atoms with Gasteiger partial charge in [-0.05, 0) is 43.9 Å². The van der Waals surface area contributed by atoms with Crippen LogP contribution in [0.5, 0.6) is 0 Å². The van der Waals surface area contributed by atoms with E-state index in [0.717, 1.165) is 31.2 Å². The van der Waals surface area contributed by atoms with E-state index in [-0.39, 0.29) is 0 Å². The molecule has 0 saturated carbocycles. The molecule has 3 heterocycles. The Morgan fingerprint density at radius 2 is 2.11 bits per heavy atom. The molecule has 19 heavy (non-hydrogen) atoms. The predicted molar refractivity (Wildman–Crippen MR) is 76.1 cm³/mol. The van der Waals surface area contributed by atoms with E-state index in [4.69, 9.17) is 0 Å². The van der Waals surface area contributed by atoms with Crippen molar-refractivity contribution in [2.75, 3.05) is 18.0 Å². The quantitative estimate of drug-likeness (QED) is 0.846. The summed E-state index contributed by atoms with van der Waals surface area (Å²) in [5.41, 5.74) is 2.40. The van der Waals surface area contributed by atoms with Gasteiger partial charge in [0, 0.05) is 49.6 Å². The summed E-state index contributed by atoms with van der Waals surface area (Å²) >= 11 is 0. The van der Waals surface area contributed by atoms with Gasteiger partial charge < -0.3 is 4.90 Å². The highest BCUT2D eigenvalue weighted by Crippen LogP contribution is 2.24. The first-order chi connectivity index (χ1) is 9.31. The molecule has 0 atom stereocenters. The number of anilines is 1. The minimum absolute atomic E-state index is 0.749. The Kier molecular flexibility index (Phi) is 3.49. The van der Waals surface area contributed by atoms with Crippen LogP contribution in [0.2, 0.25) is 0 Å². The maximum absolute atomic E-state index is 4.29. The molecule has 2 aromatic rings. The van der Waals surface area contributed by atoms with Crippen molar-refractivity contribution in [3.05, 3.63) is 42.5 Å². The van der Waals surface area contributed by atoms with Gasteiger partial charge in [0.25, 0.3) is 0 Å². The largest absolute Gasteiger partial charge is 0.371 e. The maximum Gasteiger partial charge on any atom is 0.0489 e. The molecule has 0 spiro atoms. The van der Waals surface area contributed by atoms with Crippen molar-refractivity contribution < 1.29 is 0 Å². The van der Waals surface area contributed by atoms with Crippen LogP contribution in [0.4, 0.5) is 5.69 Å². The number of aromatic nitrogens is 3. The Morgan fingerprint density at radius 3 is 2.79 bits per heavy atom. The number of nitrogens with zero attached hydrogens (tertiary/aromatic N) is 4. The van der Waals surface area contributed by atoms with Crippen LogP contribution in [0.1, 0.15) is 18.5 Å². The zero-order valence-electron chi connectivity index (χ0n) is 11.4.